The van der Waals surface area contributed by atoms with Crippen molar-refractivity contribution in [2.45, 2.75) is 18.9 Å². The summed E-state index contributed by atoms with van der Waals surface area (Å²) in [6.45, 7) is 2.13. The zero-order valence-corrected chi connectivity index (χ0v) is 15.0. The van der Waals surface area contributed by atoms with Crippen molar-refractivity contribution >= 4 is 43.3 Å². The molecule has 4 rings (SSSR count). The predicted octanol–water partition coefficient (Wildman–Crippen LogP) is 4.28. The summed E-state index contributed by atoms with van der Waals surface area (Å²) < 4.78 is 1.09. The summed E-state index contributed by atoms with van der Waals surface area (Å²) in [7, 11) is 0. The molecule has 3 aromatic rings. The van der Waals surface area contributed by atoms with E-state index >= 15 is 0 Å². The highest BCUT2D eigenvalue weighted by Crippen LogP contribution is 2.37. The maximum Gasteiger partial charge on any atom is 0.139 e. The van der Waals surface area contributed by atoms with E-state index in [0.717, 1.165) is 46.4 Å². The van der Waals surface area contributed by atoms with Gasteiger partial charge < -0.3 is 10.6 Å². The molecule has 0 bridgehead atoms. The van der Waals surface area contributed by atoms with Crippen LogP contribution in [0.4, 0.5) is 5.82 Å². The molecule has 4 nitrogen and oxygen atoms in total. The first-order valence-electron chi connectivity index (χ1n) is 7.76. The maximum absolute atomic E-state index is 4.53. The van der Waals surface area contributed by atoms with E-state index in [-0.39, 0.29) is 0 Å². The van der Waals surface area contributed by atoms with Crippen molar-refractivity contribution < 1.29 is 0 Å². The lowest BCUT2D eigenvalue weighted by molar-refractivity contribution is 0.478. The fourth-order valence-electron chi connectivity index (χ4n) is 2.99. The van der Waals surface area contributed by atoms with Crippen LogP contribution in [0.1, 0.15) is 12.8 Å². The van der Waals surface area contributed by atoms with Gasteiger partial charge in [0.05, 0.1) is 5.39 Å². The molecule has 0 radical (unpaired) electrons. The third kappa shape index (κ3) is 3.11. The van der Waals surface area contributed by atoms with Crippen LogP contribution >= 0.6 is 27.3 Å². The molecule has 1 fully saturated rings. The largest absolute Gasteiger partial charge is 0.367 e. The zero-order valence-electron chi connectivity index (χ0n) is 12.6. The van der Waals surface area contributed by atoms with E-state index in [1.807, 2.05) is 0 Å². The summed E-state index contributed by atoms with van der Waals surface area (Å²) in [5.41, 5.74) is 2.40. The van der Waals surface area contributed by atoms with Crippen molar-refractivity contribution in [1.82, 2.24) is 15.3 Å². The van der Waals surface area contributed by atoms with Gasteiger partial charge in [0.25, 0.3) is 0 Å². The number of hydrogen-bond donors (Lipinski definition) is 2. The number of halogens is 1. The highest BCUT2D eigenvalue weighted by atomic mass is 79.9. The maximum atomic E-state index is 4.53. The second kappa shape index (κ2) is 6.55. The van der Waals surface area contributed by atoms with Crippen molar-refractivity contribution in [2.75, 3.05) is 18.4 Å². The fourth-order valence-corrected chi connectivity index (χ4v) is 4.17. The third-order valence-corrected chi connectivity index (χ3v) is 5.62. The molecule has 1 aliphatic heterocycles. The van der Waals surface area contributed by atoms with E-state index < -0.39 is 0 Å². The lowest BCUT2D eigenvalue weighted by Gasteiger charge is -2.24. The van der Waals surface area contributed by atoms with Gasteiger partial charge in [0.2, 0.25) is 0 Å². The van der Waals surface area contributed by atoms with Crippen LogP contribution in [-0.4, -0.2) is 29.1 Å². The molecule has 0 aliphatic carbocycles. The number of rotatable bonds is 3. The van der Waals surface area contributed by atoms with Crippen LogP contribution in [0.15, 0.2) is 40.4 Å². The van der Waals surface area contributed by atoms with Crippen molar-refractivity contribution in [2.24, 2.45) is 0 Å². The first kappa shape index (κ1) is 15.1. The Labute approximate surface area is 147 Å². The molecular formula is C17H17BrN4S. The van der Waals surface area contributed by atoms with E-state index in [9.17, 15) is 0 Å². The molecule has 1 saturated heterocycles. The summed E-state index contributed by atoms with van der Waals surface area (Å²) >= 11 is 5.17. The second-order valence-corrected chi connectivity index (χ2v) is 7.50. The normalized spacial score (nSPS) is 15.9. The lowest BCUT2D eigenvalue weighted by Crippen LogP contribution is -2.35. The Morgan fingerprint density at radius 3 is 2.70 bits per heavy atom. The van der Waals surface area contributed by atoms with Crippen molar-refractivity contribution in [3.05, 3.63) is 40.4 Å². The van der Waals surface area contributed by atoms with Crippen LogP contribution in [0.25, 0.3) is 21.3 Å². The molecule has 1 aromatic carbocycles. The summed E-state index contributed by atoms with van der Waals surface area (Å²) in [6.07, 6.45) is 3.92. The average Bonchev–Trinajstić information content (AvgIpc) is 3.02. The van der Waals surface area contributed by atoms with Gasteiger partial charge in [-0.05, 0) is 43.6 Å². The van der Waals surface area contributed by atoms with Gasteiger partial charge in [0.15, 0.2) is 0 Å². The summed E-state index contributed by atoms with van der Waals surface area (Å²) in [5.74, 6) is 0.959. The van der Waals surface area contributed by atoms with Gasteiger partial charge in [-0.25, -0.2) is 9.97 Å². The molecule has 0 saturated carbocycles. The number of fused-ring (bicyclic) bond motifs is 1. The minimum absolute atomic E-state index is 0.479. The summed E-state index contributed by atoms with van der Waals surface area (Å²) in [4.78, 5) is 10.0. The van der Waals surface area contributed by atoms with E-state index in [0.29, 0.717) is 6.04 Å². The minimum atomic E-state index is 0.479. The van der Waals surface area contributed by atoms with Gasteiger partial charge in [0, 0.05) is 21.5 Å². The van der Waals surface area contributed by atoms with E-state index in [4.69, 9.17) is 0 Å². The minimum Gasteiger partial charge on any atom is -0.367 e. The number of nitrogens with one attached hydrogen (secondary N) is 2. The van der Waals surface area contributed by atoms with Gasteiger partial charge in [0.1, 0.15) is 17.0 Å². The van der Waals surface area contributed by atoms with Crippen LogP contribution in [0, 0.1) is 0 Å². The fraction of sp³-hybridized carbons (Fsp3) is 0.294. The molecule has 1 aliphatic rings. The molecule has 0 amide bonds. The molecule has 6 heteroatoms. The third-order valence-electron chi connectivity index (χ3n) is 4.21. The zero-order chi connectivity index (χ0) is 15.6. The van der Waals surface area contributed by atoms with Crippen LogP contribution in [0.3, 0.4) is 0 Å². The highest BCUT2D eigenvalue weighted by molar-refractivity contribution is 9.10. The van der Waals surface area contributed by atoms with Crippen molar-refractivity contribution in [1.29, 1.82) is 0 Å². The molecule has 118 valence electrons. The molecule has 0 spiro atoms. The standard InChI is InChI=1S/C17H17BrN4S/c18-12-3-1-11(2-4-12)14-9-23-17-15(14)16(20-10-21-17)22-13-5-7-19-8-6-13/h1-4,9-10,13,19H,5-8H2,(H,20,21,22). The molecule has 2 aromatic heterocycles. The second-order valence-electron chi connectivity index (χ2n) is 5.73. The predicted molar refractivity (Wildman–Crippen MR) is 100 cm³/mol. The highest BCUT2D eigenvalue weighted by Gasteiger charge is 2.17. The van der Waals surface area contributed by atoms with Crippen LogP contribution < -0.4 is 10.6 Å². The van der Waals surface area contributed by atoms with Gasteiger partial charge in [-0.3, -0.25) is 0 Å². The van der Waals surface area contributed by atoms with Gasteiger partial charge >= 0.3 is 0 Å². The quantitative estimate of drug-likeness (QED) is 0.702. The van der Waals surface area contributed by atoms with Gasteiger partial charge in [-0.2, -0.15) is 0 Å². The molecule has 0 unspecified atom stereocenters. The van der Waals surface area contributed by atoms with Crippen LogP contribution in [-0.2, 0) is 0 Å². The molecular weight excluding hydrogens is 372 g/mol. The number of hydrogen-bond acceptors (Lipinski definition) is 5. The number of aromatic nitrogens is 2. The van der Waals surface area contributed by atoms with Crippen LogP contribution in [0.5, 0.6) is 0 Å². The van der Waals surface area contributed by atoms with Crippen molar-refractivity contribution in [3.63, 3.8) is 0 Å². The number of benzene rings is 1. The number of thiophene rings is 1. The van der Waals surface area contributed by atoms with Gasteiger partial charge in [-0.15, -0.1) is 11.3 Å². The first-order chi connectivity index (χ1) is 11.3. The Bertz CT molecular complexity index is 809. The van der Waals surface area contributed by atoms with Crippen LogP contribution in [0.2, 0.25) is 0 Å². The summed E-state index contributed by atoms with van der Waals surface area (Å²) in [6, 6.07) is 8.89. The Hall–Kier alpha value is -1.50. The topological polar surface area (TPSA) is 49.8 Å². The Balaban J connectivity index is 1.75. The van der Waals surface area contributed by atoms with Crippen molar-refractivity contribution in [3.8, 4) is 11.1 Å². The number of piperidine rings is 1. The average molecular weight is 389 g/mol. The Morgan fingerprint density at radius 2 is 1.91 bits per heavy atom. The van der Waals surface area contributed by atoms with E-state index in [2.05, 4.69) is 66.2 Å². The Kier molecular flexibility index (Phi) is 4.29. The van der Waals surface area contributed by atoms with E-state index in [1.165, 1.54) is 11.1 Å². The molecule has 23 heavy (non-hydrogen) atoms. The smallest absolute Gasteiger partial charge is 0.139 e. The number of nitrogens with zero attached hydrogens (tertiary/aromatic N) is 2. The molecule has 0 atom stereocenters. The van der Waals surface area contributed by atoms with Gasteiger partial charge in [-0.1, -0.05) is 28.1 Å². The lowest BCUT2D eigenvalue weighted by atomic mass is 10.0. The Morgan fingerprint density at radius 1 is 1.13 bits per heavy atom. The van der Waals surface area contributed by atoms with E-state index in [1.54, 1.807) is 17.7 Å². The first-order valence-corrected chi connectivity index (χ1v) is 9.44. The SMILES string of the molecule is Brc1ccc(-c2csc3ncnc(NC4CCNCC4)c23)cc1. The number of anilines is 1. The monoisotopic (exact) mass is 388 g/mol. The molecule has 2 N–H and O–H groups in total. The molecule has 3 heterocycles. The summed E-state index contributed by atoms with van der Waals surface area (Å²) in [5, 5.41) is 10.4.